The predicted molar refractivity (Wildman–Crippen MR) is 137 cm³/mol. The summed E-state index contributed by atoms with van der Waals surface area (Å²) in [4.78, 5) is 4.23. The molecule has 1 heterocycles. The monoisotopic (exact) mass is 476 g/mol. The van der Waals surface area contributed by atoms with E-state index in [1.54, 1.807) is 19.5 Å². The number of anilines is 1. The molecular formula is C26H41N2O4P. The van der Waals surface area contributed by atoms with Crippen LogP contribution < -0.4 is 10.1 Å². The Morgan fingerprint density at radius 2 is 1.55 bits per heavy atom. The van der Waals surface area contributed by atoms with Crippen molar-refractivity contribution in [1.29, 1.82) is 0 Å². The Bertz CT molecular complexity index is 904. The minimum Gasteiger partial charge on any atom is -0.496 e. The van der Waals surface area contributed by atoms with Crippen LogP contribution in [-0.4, -0.2) is 31.5 Å². The first-order valence-corrected chi connectivity index (χ1v) is 13.3. The fourth-order valence-electron chi connectivity index (χ4n) is 3.83. The van der Waals surface area contributed by atoms with Gasteiger partial charge in [0.2, 0.25) is 0 Å². The number of pyridine rings is 1. The summed E-state index contributed by atoms with van der Waals surface area (Å²) >= 11 is 0. The standard InChI is InChI=1S/C26H41N2O4P/c1-10-31-33(29,32-11-2)18-23(28-20-13-12-14-27-17-20)19-15-21(25(3,4)5)24(30-9)22(16-19)26(6,7)8/h12-17,23,28H,10-11,18H2,1-9H3. The molecule has 0 saturated carbocycles. The van der Waals surface area contributed by atoms with Gasteiger partial charge in [0.05, 0.1) is 38.2 Å². The number of nitrogens with zero attached hydrogens (tertiary/aromatic N) is 1. The number of benzene rings is 1. The van der Waals surface area contributed by atoms with Gasteiger partial charge in [0, 0.05) is 23.5 Å². The van der Waals surface area contributed by atoms with E-state index < -0.39 is 7.60 Å². The average molecular weight is 477 g/mol. The highest BCUT2D eigenvalue weighted by Crippen LogP contribution is 2.52. The molecule has 0 amide bonds. The summed E-state index contributed by atoms with van der Waals surface area (Å²) in [6.45, 7) is 17.4. The van der Waals surface area contributed by atoms with Crippen LogP contribution >= 0.6 is 7.60 Å². The zero-order valence-corrected chi connectivity index (χ0v) is 22.6. The number of aromatic nitrogens is 1. The Labute approximate surface area is 200 Å². The van der Waals surface area contributed by atoms with Gasteiger partial charge in [-0.2, -0.15) is 0 Å². The molecule has 0 saturated heterocycles. The molecule has 0 aliphatic carbocycles. The van der Waals surface area contributed by atoms with Crippen LogP contribution in [0.5, 0.6) is 5.75 Å². The third kappa shape index (κ3) is 7.30. The van der Waals surface area contributed by atoms with Gasteiger partial charge in [-0.15, -0.1) is 0 Å². The van der Waals surface area contributed by atoms with E-state index >= 15 is 0 Å². The molecule has 0 aliphatic heterocycles. The highest BCUT2D eigenvalue weighted by atomic mass is 31.2. The maximum Gasteiger partial charge on any atom is 0.333 e. The van der Waals surface area contributed by atoms with Crippen LogP contribution in [0.15, 0.2) is 36.7 Å². The summed E-state index contributed by atoms with van der Waals surface area (Å²) in [5.74, 6) is 0.900. The van der Waals surface area contributed by atoms with Gasteiger partial charge >= 0.3 is 7.60 Å². The first-order chi connectivity index (χ1) is 15.3. The number of ether oxygens (including phenoxy) is 1. The molecule has 33 heavy (non-hydrogen) atoms. The van der Waals surface area contributed by atoms with E-state index in [2.05, 4.69) is 64.0 Å². The van der Waals surface area contributed by atoms with E-state index in [-0.39, 0.29) is 23.0 Å². The second-order valence-electron chi connectivity index (χ2n) is 10.2. The molecule has 2 aromatic rings. The van der Waals surface area contributed by atoms with Gasteiger partial charge < -0.3 is 19.1 Å². The van der Waals surface area contributed by atoms with Crippen molar-refractivity contribution in [3.05, 3.63) is 53.3 Å². The van der Waals surface area contributed by atoms with E-state index in [0.717, 1.165) is 28.1 Å². The van der Waals surface area contributed by atoms with Crippen LogP contribution in [0.3, 0.4) is 0 Å². The van der Waals surface area contributed by atoms with Crippen molar-refractivity contribution in [3.63, 3.8) is 0 Å². The van der Waals surface area contributed by atoms with Crippen LogP contribution in [0.1, 0.15) is 78.1 Å². The Hall–Kier alpha value is -1.88. The second-order valence-corrected chi connectivity index (χ2v) is 12.3. The van der Waals surface area contributed by atoms with Crippen LogP contribution in [0.4, 0.5) is 5.69 Å². The van der Waals surface area contributed by atoms with Crippen LogP contribution in [0.25, 0.3) is 0 Å². The maximum atomic E-state index is 13.5. The lowest BCUT2D eigenvalue weighted by Gasteiger charge is -2.32. The van der Waals surface area contributed by atoms with Gasteiger partial charge in [0.1, 0.15) is 5.75 Å². The smallest absolute Gasteiger partial charge is 0.333 e. The molecule has 0 fully saturated rings. The molecule has 2 rings (SSSR count). The number of hydrogen-bond acceptors (Lipinski definition) is 6. The number of nitrogens with one attached hydrogen (secondary N) is 1. The van der Waals surface area contributed by atoms with E-state index in [9.17, 15) is 4.57 Å². The summed E-state index contributed by atoms with van der Waals surface area (Å²) < 4.78 is 30.8. The third-order valence-corrected chi connectivity index (χ3v) is 7.51. The SMILES string of the molecule is CCOP(=O)(CC(Nc1cccnc1)c1cc(C(C)(C)C)c(OC)c(C(C)(C)C)c1)OCC. The van der Waals surface area contributed by atoms with Gasteiger partial charge in [-0.1, -0.05) is 41.5 Å². The van der Waals surface area contributed by atoms with Crippen LogP contribution in [0, 0.1) is 0 Å². The molecule has 1 atom stereocenters. The molecule has 1 aromatic carbocycles. The van der Waals surface area contributed by atoms with Gasteiger partial charge in [0.15, 0.2) is 0 Å². The zero-order valence-electron chi connectivity index (χ0n) is 21.7. The number of methoxy groups -OCH3 is 1. The molecule has 0 spiro atoms. The lowest BCUT2D eigenvalue weighted by molar-refractivity contribution is 0.219. The number of hydrogen-bond donors (Lipinski definition) is 1. The summed E-state index contributed by atoms with van der Waals surface area (Å²) in [6, 6.07) is 7.82. The fraction of sp³-hybridized carbons (Fsp3) is 0.577. The summed E-state index contributed by atoms with van der Waals surface area (Å²) in [5, 5.41) is 3.53. The van der Waals surface area contributed by atoms with E-state index in [1.165, 1.54) is 0 Å². The highest BCUT2D eigenvalue weighted by Gasteiger charge is 2.33. The molecule has 0 bridgehead atoms. The van der Waals surface area contributed by atoms with Crippen LogP contribution in [-0.2, 0) is 24.4 Å². The van der Waals surface area contributed by atoms with Crippen molar-refractivity contribution in [1.82, 2.24) is 4.98 Å². The molecule has 7 heteroatoms. The lowest BCUT2D eigenvalue weighted by Crippen LogP contribution is -2.23. The second kappa shape index (κ2) is 11.0. The molecule has 0 aliphatic rings. The number of rotatable bonds is 10. The van der Waals surface area contributed by atoms with Crippen molar-refractivity contribution in [2.24, 2.45) is 0 Å². The van der Waals surface area contributed by atoms with Gasteiger partial charge in [-0.05, 0) is 54.5 Å². The maximum absolute atomic E-state index is 13.5. The predicted octanol–water partition coefficient (Wildman–Crippen LogP) is 7.10. The summed E-state index contributed by atoms with van der Waals surface area (Å²) in [6.07, 6.45) is 3.69. The van der Waals surface area contributed by atoms with Crippen molar-refractivity contribution < 1.29 is 18.3 Å². The molecular weight excluding hydrogens is 435 g/mol. The van der Waals surface area contributed by atoms with Gasteiger partial charge in [-0.3, -0.25) is 9.55 Å². The zero-order chi connectivity index (χ0) is 24.9. The Balaban J connectivity index is 2.72. The quantitative estimate of drug-likeness (QED) is 0.369. The topological polar surface area (TPSA) is 69.7 Å². The van der Waals surface area contributed by atoms with Gasteiger partial charge in [-0.25, -0.2) is 0 Å². The van der Waals surface area contributed by atoms with E-state index in [0.29, 0.717) is 13.2 Å². The Kier molecular flexibility index (Phi) is 9.15. The first-order valence-electron chi connectivity index (χ1n) is 11.6. The molecule has 0 radical (unpaired) electrons. The molecule has 1 aromatic heterocycles. The minimum atomic E-state index is -3.32. The van der Waals surface area contributed by atoms with E-state index in [4.69, 9.17) is 13.8 Å². The lowest BCUT2D eigenvalue weighted by atomic mass is 9.77. The Morgan fingerprint density at radius 1 is 1.00 bits per heavy atom. The largest absolute Gasteiger partial charge is 0.496 e. The molecule has 1 unspecified atom stereocenters. The third-order valence-electron chi connectivity index (χ3n) is 5.39. The van der Waals surface area contributed by atoms with Crippen molar-refractivity contribution in [2.45, 2.75) is 72.3 Å². The molecule has 6 nitrogen and oxygen atoms in total. The average Bonchev–Trinajstić information content (AvgIpc) is 2.72. The first kappa shape index (κ1) is 27.4. The molecule has 184 valence electrons. The van der Waals surface area contributed by atoms with Crippen molar-refractivity contribution in [3.8, 4) is 5.75 Å². The Morgan fingerprint density at radius 3 is 1.94 bits per heavy atom. The van der Waals surface area contributed by atoms with Crippen molar-refractivity contribution in [2.75, 3.05) is 31.8 Å². The highest BCUT2D eigenvalue weighted by molar-refractivity contribution is 7.53. The van der Waals surface area contributed by atoms with Crippen LogP contribution in [0.2, 0.25) is 0 Å². The van der Waals surface area contributed by atoms with Gasteiger partial charge in [0.25, 0.3) is 0 Å². The normalized spacial score (nSPS) is 13.6. The van der Waals surface area contributed by atoms with Crippen molar-refractivity contribution >= 4 is 13.3 Å². The molecule has 1 N–H and O–H groups in total. The van der Waals surface area contributed by atoms with E-state index in [1.807, 2.05) is 26.0 Å². The summed E-state index contributed by atoms with van der Waals surface area (Å²) in [7, 11) is -1.60. The fourth-order valence-corrected chi connectivity index (χ4v) is 5.65. The minimum absolute atomic E-state index is 0.149. The summed E-state index contributed by atoms with van der Waals surface area (Å²) in [5.41, 5.74) is 3.76.